The Morgan fingerprint density at radius 2 is 1.73 bits per heavy atom. The summed E-state index contributed by atoms with van der Waals surface area (Å²) in [6.45, 7) is 5.06. The molecule has 0 atom stereocenters. The Morgan fingerprint density at radius 3 is 2.35 bits per heavy atom. The summed E-state index contributed by atoms with van der Waals surface area (Å²) in [6.07, 6.45) is 0.929. The summed E-state index contributed by atoms with van der Waals surface area (Å²) in [5.74, 6) is 2.87. The number of hydrogen-bond donors (Lipinski definition) is 2. The predicted molar refractivity (Wildman–Crippen MR) is 102 cm³/mol. The molecule has 0 saturated heterocycles. The van der Waals surface area contributed by atoms with Gasteiger partial charge in [0.25, 0.3) is 0 Å². The quantitative estimate of drug-likeness (QED) is 0.716. The van der Waals surface area contributed by atoms with Gasteiger partial charge in [-0.2, -0.15) is 0 Å². The topological polar surface area (TPSA) is 85.4 Å². The number of benzene rings is 1. The van der Waals surface area contributed by atoms with Gasteiger partial charge >= 0.3 is 0 Å². The number of carbonyl (C=O) groups excluding carboxylic acids is 1. The Morgan fingerprint density at radius 1 is 1.04 bits per heavy atom. The fourth-order valence-electron chi connectivity index (χ4n) is 2.30. The molecule has 1 amide bonds. The molecule has 0 aliphatic heterocycles. The number of aryl methyl sites for hydroxylation is 1. The van der Waals surface area contributed by atoms with E-state index >= 15 is 0 Å². The first kappa shape index (κ1) is 19.5. The molecule has 2 aromatic rings. The van der Waals surface area contributed by atoms with E-state index in [1.807, 2.05) is 18.2 Å². The van der Waals surface area contributed by atoms with Crippen molar-refractivity contribution in [2.45, 2.75) is 26.7 Å². The minimum Gasteiger partial charge on any atom is -0.493 e. The number of hydrogen-bond acceptors (Lipinski definition) is 6. The first-order valence-electron chi connectivity index (χ1n) is 8.60. The van der Waals surface area contributed by atoms with Gasteiger partial charge in [-0.3, -0.25) is 4.79 Å². The van der Waals surface area contributed by atoms with Gasteiger partial charge in [-0.05, 0) is 42.2 Å². The van der Waals surface area contributed by atoms with Crippen LogP contribution in [0, 0.1) is 5.92 Å². The molecule has 1 aromatic carbocycles. The average Bonchev–Trinajstić information content (AvgIpc) is 2.65. The summed E-state index contributed by atoms with van der Waals surface area (Å²) < 4.78 is 10.5. The van der Waals surface area contributed by atoms with Crippen LogP contribution in [0.4, 0.5) is 11.6 Å². The maximum atomic E-state index is 12.1. The average molecular weight is 358 g/mol. The lowest BCUT2D eigenvalue weighted by Gasteiger charge is -2.10. The van der Waals surface area contributed by atoms with Gasteiger partial charge < -0.3 is 20.1 Å². The molecule has 2 rings (SSSR count). The summed E-state index contributed by atoms with van der Waals surface area (Å²) in [5, 5.41) is 14.0. The van der Waals surface area contributed by atoms with Crippen LogP contribution in [0.5, 0.6) is 11.5 Å². The standard InChI is InChI=1S/C19H26N4O3/c1-13(2)12-20-17-8-9-18(23-22-17)21-19(24)10-6-14-5-7-15(25-3)16(11-14)26-4/h5,7-9,11,13H,6,10,12H2,1-4H3,(H,20,22)(H,21,23,24). The Hall–Kier alpha value is -2.83. The minimum absolute atomic E-state index is 0.114. The Labute approximate surface area is 154 Å². The second-order valence-corrected chi connectivity index (χ2v) is 6.32. The highest BCUT2D eigenvalue weighted by Gasteiger charge is 2.08. The largest absolute Gasteiger partial charge is 0.493 e. The van der Waals surface area contributed by atoms with Crippen LogP contribution < -0.4 is 20.1 Å². The normalized spacial score (nSPS) is 10.5. The predicted octanol–water partition coefficient (Wildman–Crippen LogP) is 3.13. The molecule has 140 valence electrons. The van der Waals surface area contributed by atoms with Crippen molar-refractivity contribution in [1.29, 1.82) is 0 Å². The van der Waals surface area contributed by atoms with Crippen LogP contribution in [0.25, 0.3) is 0 Å². The van der Waals surface area contributed by atoms with Crippen LogP contribution in [0.1, 0.15) is 25.8 Å². The number of nitrogens with zero attached hydrogens (tertiary/aromatic N) is 2. The van der Waals surface area contributed by atoms with Crippen molar-refractivity contribution in [1.82, 2.24) is 10.2 Å². The van der Waals surface area contributed by atoms with Crippen LogP contribution in [0.2, 0.25) is 0 Å². The summed E-state index contributed by atoms with van der Waals surface area (Å²) >= 11 is 0. The van der Waals surface area contributed by atoms with E-state index in [9.17, 15) is 4.79 Å². The molecule has 7 heteroatoms. The maximum absolute atomic E-state index is 12.1. The van der Waals surface area contributed by atoms with E-state index in [0.717, 1.165) is 12.1 Å². The molecule has 0 aliphatic rings. The molecule has 0 fully saturated rings. The Balaban J connectivity index is 1.85. The van der Waals surface area contributed by atoms with E-state index in [1.54, 1.807) is 26.4 Å². The van der Waals surface area contributed by atoms with Crippen molar-refractivity contribution in [2.24, 2.45) is 5.92 Å². The number of nitrogens with one attached hydrogen (secondary N) is 2. The molecule has 1 heterocycles. The lowest BCUT2D eigenvalue weighted by Crippen LogP contribution is -2.15. The van der Waals surface area contributed by atoms with Crippen molar-refractivity contribution in [3.05, 3.63) is 35.9 Å². The molecule has 0 saturated carbocycles. The van der Waals surface area contributed by atoms with Gasteiger partial charge in [0.15, 0.2) is 17.3 Å². The third-order valence-corrected chi connectivity index (χ3v) is 3.71. The number of amides is 1. The molecule has 7 nitrogen and oxygen atoms in total. The van der Waals surface area contributed by atoms with Gasteiger partial charge in [-0.1, -0.05) is 19.9 Å². The van der Waals surface area contributed by atoms with E-state index in [1.165, 1.54) is 0 Å². The highest BCUT2D eigenvalue weighted by Crippen LogP contribution is 2.28. The van der Waals surface area contributed by atoms with E-state index in [4.69, 9.17) is 9.47 Å². The van der Waals surface area contributed by atoms with Crippen molar-refractivity contribution in [2.75, 3.05) is 31.4 Å². The lowest BCUT2D eigenvalue weighted by atomic mass is 10.1. The van der Waals surface area contributed by atoms with Gasteiger partial charge in [0.1, 0.15) is 5.82 Å². The first-order chi connectivity index (χ1) is 12.5. The number of ether oxygens (including phenoxy) is 2. The van der Waals surface area contributed by atoms with Crippen LogP contribution in [0.15, 0.2) is 30.3 Å². The summed E-state index contributed by atoms with van der Waals surface area (Å²) in [6, 6.07) is 9.18. The van der Waals surface area contributed by atoms with Gasteiger partial charge in [-0.15, -0.1) is 10.2 Å². The van der Waals surface area contributed by atoms with Gasteiger partial charge in [0, 0.05) is 13.0 Å². The summed E-state index contributed by atoms with van der Waals surface area (Å²) in [4.78, 5) is 12.1. The summed E-state index contributed by atoms with van der Waals surface area (Å²) in [7, 11) is 3.18. The minimum atomic E-state index is -0.114. The fourth-order valence-corrected chi connectivity index (χ4v) is 2.30. The van der Waals surface area contributed by atoms with Crippen molar-refractivity contribution >= 4 is 17.5 Å². The number of anilines is 2. The van der Waals surface area contributed by atoms with Crippen LogP contribution in [0.3, 0.4) is 0 Å². The number of rotatable bonds is 9. The molecule has 0 unspecified atom stereocenters. The van der Waals surface area contributed by atoms with Crippen LogP contribution in [-0.2, 0) is 11.2 Å². The highest BCUT2D eigenvalue weighted by molar-refractivity contribution is 5.89. The SMILES string of the molecule is COc1ccc(CCC(=O)Nc2ccc(NCC(C)C)nn2)cc1OC. The third kappa shape index (κ3) is 5.91. The second-order valence-electron chi connectivity index (χ2n) is 6.32. The molecule has 0 spiro atoms. The Bertz CT molecular complexity index is 717. The molecule has 0 aliphatic carbocycles. The Kier molecular flexibility index (Phi) is 7.20. The highest BCUT2D eigenvalue weighted by atomic mass is 16.5. The molecule has 1 aromatic heterocycles. The number of carbonyl (C=O) groups is 1. The third-order valence-electron chi connectivity index (χ3n) is 3.71. The van der Waals surface area contributed by atoms with Gasteiger partial charge in [-0.25, -0.2) is 0 Å². The molecule has 0 radical (unpaired) electrons. The molecule has 26 heavy (non-hydrogen) atoms. The van der Waals surface area contributed by atoms with Crippen molar-refractivity contribution in [3.63, 3.8) is 0 Å². The lowest BCUT2D eigenvalue weighted by molar-refractivity contribution is -0.116. The van der Waals surface area contributed by atoms with Crippen molar-refractivity contribution < 1.29 is 14.3 Å². The maximum Gasteiger partial charge on any atom is 0.225 e. The zero-order chi connectivity index (χ0) is 18.9. The second kappa shape index (κ2) is 9.60. The fraction of sp³-hybridized carbons (Fsp3) is 0.421. The number of methoxy groups -OCH3 is 2. The first-order valence-corrected chi connectivity index (χ1v) is 8.60. The summed E-state index contributed by atoms with van der Waals surface area (Å²) in [5.41, 5.74) is 0.997. The van der Waals surface area contributed by atoms with Gasteiger partial charge in [0.05, 0.1) is 14.2 Å². The molecule has 0 bridgehead atoms. The number of aromatic nitrogens is 2. The van der Waals surface area contributed by atoms with Crippen LogP contribution >= 0.6 is 0 Å². The van der Waals surface area contributed by atoms with E-state index in [2.05, 4.69) is 34.7 Å². The smallest absolute Gasteiger partial charge is 0.225 e. The zero-order valence-corrected chi connectivity index (χ0v) is 15.7. The molecule has 2 N–H and O–H groups in total. The monoisotopic (exact) mass is 358 g/mol. The van der Waals surface area contributed by atoms with E-state index in [0.29, 0.717) is 41.9 Å². The van der Waals surface area contributed by atoms with Crippen molar-refractivity contribution in [3.8, 4) is 11.5 Å². The zero-order valence-electron chi connectivity index (χ0n) is 15.7. The van der Waals surface area contributed by atoms with E-state index < -0.39 is 0 Å². The molecular weight excluding hydrogens is 332 g/mol. The van der Waals surface area contributed by atoms with Gasteiger partial charge in [0.2, 0.25) is 5.91 Å². The van der Waals surface area contributed by atoms with E-state index in [-0.39, 0.29) is 5.91 Å². The van der Waals surface area contributed by atoms with Crippen LogP contribution in [-0.4, -0.2) is 36.9 Å². The molecular formula is C19H26N4O3.